The summed E-state index contributed by atoms with van der Waals surface area (Å²) in [6, 6.07) is 17.4. The summed E-state index contributed by atoms with van der Waals surface area (Å²) < 4.78 is 2.21. The van der Waals surface area contributed by atoms with Crippen molar-refractivity contribution in [2.75, 3.05) is 26.2 Å². The van der Waals surface area contributed by atoms with Gasteiger partial charge in [-0.2, -0.15) is 0 Å². The van der Waals surface area contributed by atoms with E-state index in [1.54, 1.807) is 17.4 Å². The lowest BCUT2D eigenvalue weighted by Crippen LogP contribution is -2.29. The molecule has 1 amide bonds. The summed E-state index contributed by atoms with van der Waals surface area (Å²) in [4.78, 5) is 15.0. The first-order chi connectivity index (χ1) is 14.1. The molecule has 0 spiro atoms. The summed E-state index contributed by atoms with van der Waals surface area (Å²) in [6.07, 6.45) is 2.51. The summed E-state index contributed by atoms with van der Waals surface area (Å²) in [5.41, 5.74) is 6.13. The zero-order valence-electron chi connectivity index (χ0n) is 17.1. The average Bonchev–Trinajstić information content (AvgIpc) is 2.78. The molecule has 0 atom stereocenters. The number of carbonyl (C=O) groups excluding carboxylic acids is 1. The minimum absolute atomic E-state index is 0.401. The number of rotatable bonds is 8. The van der Waals surface area contributed by atoms with Crippen molar-refractivity contribution in [3.63, 3.8) is 0 Å². The van der Waals surface area contributed by atoms with E-state index in [1.165, 1.54) is 21.6 Å². The Morgan fingerprint density at radius 2 is 1.69 bits per heavy atom. The Hall–Kier alpha value is -2.12. The van der Waals surface area contributed by atoms with Crippen LogP contribution in [-0.4, -0.2) is 46.5 Å². The minimum Gasteiger partial charge on any atom is -0.300 e. The summed E-state index contributed by atoms with van der Waals surface area (Å²) in [5, 5.41) is 8.72. The standard InChI is InChI=1S/C23H29N3O2S/c1-3-25(4-2)17-18-5-7-19(8-6-18)20-9-11-22(12-10-20)29-26-15-13-21(14-16-26)23(27)24-28/h5-13,28H,3-4,14-17H2,1-2H3,(H,24,27). The highest BCUT2D eigenvalue weighted by molar-refractivity contribution is 7.97. The third-order valence-electron chi connectivity index (χ3n) is 5.24. The number of hydroxylamine groups is 1. The van der Waals surface area contributed by atoms with E-state index < -0.39 is 5.91 Å². The van der Waals surface area contributed by atoms with Gasteiger partial charge in [-0.25, -0.2) is 9.79 Å². The van der Waals surface area contributed by atoms with Crippen molar-refractivity contribution in [1.29, 1.82) is 0 Å². The van der Waals surface area contributed by atoms with Crippen LogP contribution in [0.4, 0.5) is 0 Å². The molecule has 5 nitrogen and oxygen atoms in total. The van der Waals surface area contributed by atoms with E-state index in [9.17, 15) is 4.79 Å². The lowest BCUT2D eigenvalue weighted by Gasteiger charge is -2.24. The van der Waals surface area contributed by atoms with Gasteiger partial charge in [0.05, 0.1) is 0 Å². The second kappa shape index (κ2) is 10.6. The van der Waals surface area contributed by atoms with Crippen molar-refractivity contribution in [2.45, 2.75) is 31.7 Å². The van der Waals surface area contributed by atoms with Gasteiger partial charge in [-0.1, -0.05) is 56.3 Å². The largest absolute Gasteiger partial charge is 0.300 e. The quantitative estimate of drug-likeness (QED) is 0.384. The molecule has 29 heavy (non-hydrogen) atoms. The highest BCUT2D eigenvalue weighted by Gasteiger charge is 2.17. The Kier molecular flexibility index (Phi) is 7.89. The normalized spacial score (nSPS) is 14.7. The predicted octanol–water partition coefficient (Wildman–Crippen LogP) is 4.34. The van der Waals surface area contributed by atoms with Crippen LogP contribution < -0.4 is 5.48 Å². The Morgan fingerprint density at radius 3 is 2.21 bits per heavy atom. The predicted molar refractivity (Wildman–Crippen MR) is 119 cm³/mol. The third kappa shape index (κ3) is 5.93. The summed E-state index contributed by atoms with van der Waals surface area (Å²) in [6.45, 7) is 8.99. The minimum atomic E-state index is -0.401. The molecule has 6 heteroatoms. The summed E-state index contributed by atoms with van der Waals surface area (Å²) in [7, 11) is 0. The molecule has 2 aromatic rings. The number of carbonyl (C=O) groups is 1. The number of benzene rings is 2. The van der Waals surface area contributed by atoms with Gasteiger partial charge in [0.1, 0.15) is 0 Å². The second-order valence-corrected chi connectivity index (χ2v) is 8.25. The number of amides is 1. The molecule has 0 saturated carbocycles. The molecule has 0 unspecified atom stereocenters. The van der Waals surface area contributed by atoms with Crippen LogP contribution in [0.1, 0.15) is 25.8 Å². The zero-order chi connectivity index (χ0) is 20.6. The van der Waals surface area contributed by atoms with Gasteiger partial charge in [0.15, 0.2) is 0 Å². The molecule has 0 fully saturated rings. The first-order valence-electron chi connectivity index (χ1n) is 10.1. The maximum absolute atomic E-state index is 11.5. The number of nitrogens with zero attached hydrogens (tertiary/aromatic N) is 2. The van der Waals surface area contributed by atoms with Crippen molar-refractivity contribution in [3.8, 4) is 11.1 Å². The van der Waals surface area contributed by atoms with E-state index in [0.717, 1.165) is 26.2 Å². The van der Waals surface area contributed by atoms with E-state index in [1.807, 2.05) is 6.08 Å². The molecular weight excluding hydrogens is 382 g/mol. The number of nitrogens with one attached hydrogen (secondary N) is 1. The second-order valence-electron chi connectivity index (χ2n) is 7.08. The summed E-state index contributed by atoms with van der Waals surface area (Å²) in [5.74, 6) is -0.401. The molecular formula is C23H29N3O2S. The molecule has 1 aliphatic rings. The van der Waals surface area contributed by atoms with E-state index >= 15 is 0 Å². The topological polar surface area (TPSA) is 55.8 Å². The Balaban J connectivity index is 1.58. The fraction of sp³-hybridized carbons (Fsp3) is 0.348. The number of hydrogen-bond acceptors (Lipinski definition) is 5. The molecule has 0 aliphatic carbocycles. The van der Waals surface area contributed by atoms with E-state index in [2.05, 4.69) is 71.6 Å². The van der Waals surface area contributed by atoms with E-state index in [-0.39, 0.29) is 0 Å². The van der Waals surface area contributed by atoms with Gasteiger partial charge in [-0.3, -0.25) is 14.9 Å². The lowest BCUT2D eigenvalue weighted by molar-refractivity contribution is -0.125. The molecule has 2 aromatic carbocycles. The van der Waals surface area contributed by atoms with Crippen LogP contribution in [0.2, 0.25) is 0 Å². The van der Waals surface area contributed by atoms with Crippen molar-refractivity contribution < 1.29 is 10.0 Å². The molecule has 0 aromatic heterocycles. The molecule has 0 saturated heterocycles. The highest BCUT2D eigenvalue weighted by atomic mass is 32.2. The molecule has 3 rings (SSSR count). The maximum atomic E-state index is 11.5. The van der Waals surface area contributed by atoms with E-state index in [4.69, 9.17) is 5.21 Å². The van der Waals surface area contributed by atoms with Crippen molar-refractivity contribution in [3.05, 3.63) is 65.7 Å². The van der Waals surface area contributed by atoms with Crippen molar-refractivity contribution in [2.24, 2.45) is 0 Å². The maximum Gasteiger partial charge on any atom is 0.270 e. The van der Waals surface area contributed by atoms with Gasteiger partial charge in [0.2, 0.25) is 0 Å². The van der Waals surface area contributed by atoms with Crippen LogP contribution in [0.25, 0.3) is 11.1 Å². The Bertz CT molecular complexity index is 830. The molecule has 0 radical (unpaired) electrons. The van der Waals surface area contributed by atoms with Crippen molar-refractivity contribution >= 4 is 17.9 Å². The van der Waals surface area contributed by atoms with Crippen molar-refractivity contribution in [1.82, 2.24) is 14.7 Å². The average molecular weight is 412 g/mol. The molecule has 1 aliphatic heterocycles. The molecule has 1 heterocycles. The van der Waals surface area contributed by atoms with Crippen LogP contribution in [0, 0.1) is 0 Å². The fourth-order valence-electron chi connectivity index (χ4n) is 3.38. The lowest BCUT2D eigenvalue weighted by atomic mass is 10.0. The van der Waals surface area contributed by atoms with Gasteiger partial charge in [-0.05, 0) is 60.3 Å². The summed E-state index contributed by atoms with van der Waals surface area (Å²) >= 11 is 1.69. The third-order valence-corrected chi connectivity index (χ3v) is 6.31. The Labute approximate surface area is 177 Å². The van der Waals surface area contributed by atoms with Gasteiger partial charge in [0.25, 0.3) is 5.91 Å². The van der Waals surface area contributed by atoms with Crippen LogP contribution in [0.5, 0.6) is 0 Å². The van der Waals surface area contributed by atoms with E-state index in [0.29, 0.717) is 18.5 Å². The van der Waals surface area contributed by atoms with Gasteiger partial charge >= 0.3 is 0 Å². The van der Waals surface area contributed by atoms with Crippen LogP contribution in [0.15, 0.2) is 65.1 Å². The SMILES string of the molecule is CCN(CC)Cc1ccc(-c2ccc(SN3CC=C(C(=O)NO)CC3)cc2)cc1. The van der Waals surface area contributed by atoms with Gasteiger partial charge in [0, 0.05) is 30.1 Å². The molecule has 154 valence electrons. The van der Waals surface area contributed by atoms with Crippen LogP contribution in [0.3, 0.4) is 0 Å². The fourth-order valence-corrected chi connectivity index (χ4v) is 4.26. The van der Waals surface area contributed by atoms with Crippen LogP contribution in [-0.2, 0) is 11.3 Å². The monoisotopic (exact) mass is 411 g/mol. The number of hydrogen-bond donors (Lipinski definition) is 2. The zero-order valence-corrected chi connectivity index (χ0v) is 17.9. The first kappa shape index (κ1) is 21.6. The highest BCUT2D eigenvalue weighted by Crippen LogP contribution is 2.28. The first-order valence-corrected chi connectivity index (χ1v) is 10.9. The molecule has 0 bridgehead atoms. The van der Waals surface area contributed by atoms with Crippen LogP contribution >= 0.6 is 11.9 Å². The smallest absolute Gasteiger partial charge is 0.270 e. The van der Waals surface area contributed by atoms with Gasteiger partial charge in [-0.15, -0.1) is 0 Å². The van der Waals surface area contributed by atoms with Gasteiger partial charge < -0.3 is 0 Å². The molecule has 2 N–H and O–H groups in total. The Morgan fingerprint density at radius 1 is 1.07 bits per heavy atom.